The SMILES string of the molecule is COc1ccc(Oc2cccc(F)c2CNC2CC2)cc1. The van der Waals surface area contributed by atoms with Gasteiger partial charge in [-0.3, -0.25) is 0 Å². The topological polar surface area (TPSA) is 30.5 Å². The quantitative estimate of drug-likeness (QED) is 0.874. The summed E-state index contributed by atoms with van der Waals surface area (Å²) in [6.45, 7) is 0.489. The Bertz CT molecular complexity index is 609. The molecule has 110 valence electrons. The molecule has 3 rings (SSSR count). The van der Waals surface area contributed by atoms with Gasteiger partial charge in [0.05, 0.1) is 7.11 Å². The van der Waals surface area contributed by atoms with Crippen molar-refractivity contribution in [3.05, 3.63) is 53.8 Å². The van der Waals surface area contributed by atoms with Crippen LogP contribution in [0.3, 0.4) is 0 Å². The van der Waals surface area contributed by atoms with Gasteiger partial charge in [-0.1, -0.05) is 6.07 Å². The van der Waals surface area contributed by atoms with Crippen LogP contribution in [-0.2, 0) is 6.54 Å². The first-order chi connectivity index (χ1) is 10.3. The van der Waals surface area contributed by atoms with Gasteiger partial charge in [-0.2, -0.15) is 0 Å². The van der Waals surface area contributed by atoms with Gasteiger partial charge in [-0.05, 0) is 49.2 Å². The zero-order valence-corrected chi connectivity index (χ0v) is 11.9. The third-order valence-electron chi connectivity index (χ3n) is 3.51. The van der Waals surface area contributed by atoms with Crippen LogP contribution in [0.4, 0.5) is 4.39 Å². The van der Waals surface area contributed by atoms with Crippen LogP contribution in [0, 0.1) is 5.82 Å². The molecule has 1 N–H and O–H groups in total. The molecular formula is C17H18FNO2. The number of rotatable bonds is 6. The van der Waals surface area contributed by atoms with Crippen molar-refractivity contribution < 1.29 is 13.9 Å². The molecule has 1 aliphatic rings. The molecule has 3 nitrogen and oxygen atoms in total. The Morgan fingerprint density at radius 1 is 1.10 bits per heavy atom. The summed E-state index contributed by atoms with van der Waals surface area (Å²) in [6, 6.07) is 12.7. The van der Waals surface area contributed by atoms with E-state index >= 15 is 0 Å². The predicted octanol–water partition coefficient (Wildman–Crippen LogP) is 3.88. The lowest BCUT2D eigenvalue weighted by Crippen LogP contribution is -2.16. The molecule has 1 aliphatic carbocycles. The van der Waals surface area contributed by atoms with Crippen molar-refractivity contribution in [2.75, 3.05) is 7.11 Å². The van der Waals surface area contributed by atoms with E-state index in [2.05, 4.69) is 5.32 Å². The Kier molecular flexibility index (Phi) is 4.06. The summed E-state index contributed by atoms with van der Waals surface area (Å²) in [5, 5.41) is 3.32. The number of benzene rings is 2. The van der Waals surface area contributed by atoms with Gasteiger partial charge in [0.25, 0.3) is 0 Å². The minimum Gasteiger partial charge on any atom is -0.497 e. The molecule has 0 heterocycles. The Balaban J connectivity index is 1.77. The molecule has 0 spiro atoms. The van der Waals surface area contributed by atoms with Crippen LogP contribution >= 0.6 is 0 Å². The van der Waals surface area contributed by atoms with Crippen molar-refractivity contribution in [3.8, 4) is 17.2 Å². The molecular weight excluding hydrogens is 269 g/mol. The summed E-state index contributed by atoms with van der Waals surface area (Å²) in [7, 11) is 1.62. The summed E-state index contributed by atoms with van der Waals surface area (Å²) in [4.78, 5) is 0. The van der Waals surface area contributed by atoms with Crippen molar-refractivity contribution >= 4 is 0 Å². The van der Waals surface area contributed by atoms with Crippen molar-refractivity contribution in [3.63, 3.8) is 0 Å². The van der Waals surface area contributed by atoms with Crippen LogP contribution in [0.5, 0.6) is 17.2 Å². The van der Waals surface area contributed by atoms with E-state index in [1.54, 1.807) is 19.2 Å². The molecule has 0 amide bonds. The molecule has 0 saturated heterocycles. The standard InChI is InChI=1S/C17H18FNO2/c1-20-13-7-9-14(10-8-13)21-17-4-2-3-16(18)15(17)11-19-12-5-6-12/h2-4,7-10,12,19H,5-6,11H2,1H3. The van der Waals surface area contributed by atoms with E-state index in [9.17, 15) is 4.39 Å². The first-order valence-corrected chi connectivity index (χ1v) is 7.09. The number of ether oxygens (including phenoxy) is 2. The zero-order chi connectivity index (χ0) is 14.7. The maximum absolute atomic E-state index is 14.0. The lowest BCUT2D eigenvalue weighted by molar-refractivity contribution is 0.412. The Morgan fingerprint density at radius 2 is 1.81 bits per heavy atom. The highest BCUT2D eigenvalue weighted by molar-refractivity contribution is 5.40. The number of methoxy groups -OCH3 is 1. The summed E-state index contributed by atoms with van der Waals surface area (Å²) >= 11 is 0. The second-order valence-corrected chi connectivity index (χ2v) is 5.15. The second-order valence-electron chi connectivity index (χ2n) is 5.15. The summed E-state index contributed by atoms with van der Waals surface area (Å²) in [5.41, 5.74) is 0.570. The first-order valence-electron chi connectivity index (χ1n) is 7.09. The van der Waals surface area contributed by atoms with Gasteiger partial charge in [0.15, 0.2) is 0 Å². The molecule has 0 aliphatic heterocycles. The van der Waals surface area contributed by atoms with Gasteiger partial charge in [0, 0.05) is 18.2 Å². The molecule has 21 heavy (non-hydrogen) atoms. The fourth-order valence-electron chi connectivity index (χ4n) is 2.11. The first kappa shape index (κ1) is 13.9. The van der Waals surface area contributed by atoms with E-state index in [1.165, 1.54) is 18.9 Å². The van der Waals surface area contributed by atoms with Gasteiger partial charge in [-0.25, -0.2) is 4.39 Å². The largest absolute Gasteiger partial charge is 0.497 e. The Labute approximate surface area is 123 Å². The maximum atomic E-state index is 14.0. The minimum atomic E-state index is -0.242. The summed E-state index contributed by atoms with van der Waals surface area (Å²) in [6.07, 6.45) is 2.34. The monoisotopic (exact) mass is 287 g/mol. The van der Waals surface area contributed by atoms with E-state index in [0.717, 1.165) is 5.75 Å². The van der Waals surface area contributed by atoms with Crippen molar-refractivity contribution in [1.29, 1.82) is 0 Å². The average Bonchev–Trinajstić information content (AvgIpc) is 3.32. The molecule has 0 bridgehead atoms. The molecule has 1 fully saturated rings. The zero-order valence-electron chi connectivity index (χ0n) is 11.9. The van der Waals surface area contributed by atoms with Gasteiger partial charge in [0.1, 0.15) is 23.1 Å². The van der Waals surface area contributed by atoms with Crippen molar-refractivity contribution in [2.24, 2.45) is 0 Å². The fourth-order valence-corrected chi connectivity index (χ4v) is 2.11. The normalized spacial score (nSPS) is 14.0. The van der Waals surface area contributed by atoms with Crippen LogP contribution < -0.4 is 14.8 Å². The van der Waals surface area contributed by atoms with E-state index in [0.29, 0.717) is 29.6 Å². The van der Waals surface area contributed by atoms with Gasteiger partial charge >= 0.3 is 0 Å². The van der Waals surface area contributed by atoms with Crippen LogP contribution in [-0.4, -0.2) is 13.2 Å². The van der Waals surface area contributed by atoms with E-state index in [4.69, 9.17) is 9.47 Å². The third-order valence-corrected chi connectivity index (χ3v) is 3.51. The van der Waals surface area contributed by atoms with Crippen LogP contribution in [0.2, 0.25) is 0 Å². The van der Waals surface area contributed by atoms with Crippen molar-refractivity contribution in [1.82, 2.24) is 5.32 Å². The number of hydrogen-bond acceptors (Lipinski definition) is 3. The van der Waals surface area contributed by atoms with Crippen LogP contribution in [0.25, 0.3) is 0 Å². The lowest BCUT2D eigenvalue weighted by Gasteiger charge is -2.13. The molecule has 0 atom stereocenters. The minimum absolute atomic E-state index is 0.242. The third kappa shape index (κ3) is 3.52. The van der Waals surface area contributed by atoms with Crippen LogP contribution in [0.1, 0.15) is 18.4 Å². The van der Waals surface area contributed by atoms with E-state index in [1.807, 2.05) is 24.3 Å². The van der Waals surface area contributed by atoms with Gasteiger partial charge in [-0.15, -0.1) is 0 Å². The highest BCUT2D eigenvalue weighted by Gasteiger charge is 2.21. The fraction of sp³-hybridized carbons (Fsp3) is 0.294. The molecule has 0 radical (unpaired) electrons. The number of halogens is 1. The van der Waals surface area contributed by atoms with Crippen LogP contribution in [0.15, 0.2) is 42.5 Å². The molecule has 2 aromatic rings. The Hall–Kier alpha value is -2.07. The Morgan fingerprint density at radius 3 is 2.48 bits per heavy atom. The van der Waals surface area contributed by atoms with E-state index in [-0.39, 0.29) is 5.82 Å². The summed E-state index contributed by atoms with van der Waals surface area (Å²) < 4.78 is 24.9. The highest BCUT2D eigenvalue weighted by Crippen LogP contribution is 2.29. The van der Waals surface area contributed by atoms with Crippen molar-refractivity contribution in [2.45, 2.75) is 25.4 Å². The summed E-state index contributed by atoms with van der Waals surface area (Å²) in [5.74, 6) is 1.73. The lowest BCUT2D eigenvalue weighted by atomic mass is 10.2. The molecule has 4 heteroatoms. The molecule has 1 saturated carbocycles. The maximum Gasteiger partial charge on any atom is 0.134 e. The van der Waals surface area contributed by atoms with Gasteiger partial charge < -0.3 is 14.8 Å². The predicted molar refractivity (Wildman–Crippen MR) is 79.3 cm³/mol. The van der Waals surface area contributed by atoms with Gasteiger partial charge in [0.2, 0.25) is 0 Å². The number of hydrogen-bond donors (Lipinski definition) is 1. The number of nitrogens with one attached hydrogen (secondary N) is 1. The molecule has 2 aromatic carbocycles. The molecule has 0 aromatic heterocycles. The smallest absolute Gasteiger partial charge is 0.134 e. The second kappa shape index (κ2) is 6.14. The average molecular weight is 287 g/mol. The highest BCUT2D eigenvalue weighted by atomic mass is 19.1. The molecule has 0 unspecified atom stereocenters. The van der Waals surface area contributed by atoms with E-state index < -0.39 is 0 Å².